The van der Waals surface area contributed by atoms with Crippen molar-refractivity contribution in [1.82, 2.24) is 25.2 Å². The van der Waals surface area contributed by atoms with Gasteiger partial charge in [0.2, 0.25) is 27.7 Å². The molecule has 0 radical (unpaired) electrons. The summed E-state index contributed by atoms with van der Waals surface area (Å²) < 4.78 is 64.6. The summed E-state index contributed by atoms with van der Waals surface area (Å²) in [5, 5.41) is 7.02. The van der Waals surface area contributed by atoms with Crippen molar-refractivity contribution in [3.8, 4) is 17.4 Å². The maximum absolute atomic E-state index is 15.0. The first-order chi connectivity index (χ1) is 27.5. The second-order valence-electron chi connectivity index (χ2n) is 17.4. The molecular weight excluding hydrogens is 774 g/mol. The number of fused-ring (bicyclic) bond motifs is 5. The van der Waals surface area contributed by atoms with Gasteiger partial charge in [-0.2, -0.15) is 0 Å². The standard InChI is InChI=1S/C41H54FN5O10S/c1-6-25-19-24(2)9-7-8-10-26-21-41(26,37(50)46-58(52,53)40(23-42)14-15-40)45-34(48)30-20-27(22-47(30)36(49)32(25)44-38(51)57-39(3,4)5)56-35-29-11-12-31-33(55-18-17-54-31)28(29)13-16-43-35/h8,10-13,16,24-27,30,32H,6-7,9,14-15,17-23H2,1-5H3,(H,44,51)(H,45,48)(H,46,50). The molecule has 1 saturated heterocycles. The van der Waals surface area contributed by atoms with Crippen LogP contribution in [0.15, 0.2) is 36.5 Å². The summed E-state index contributed by atoms with van der Waals surface area (Å²) in [5.74, 6) is -1.56. The van der Waals surface area contributed by atoms with Gasteiger partial charge < -0.3 is 34.5 Å². The van der Waals surface area contributed by atoms with E-state index in [1.807, 2.05) is 19.1 Å². The topological polar surface area (TPSA) is 192 Å². The first kappa shape index (κ1) is 41.5. The van der Waals surface area contributed by atoms with Crippen LogP contribution in [0.5, 0.6) is 17.4 Å². The lowest BCUT2D eigenvalue weighted by Gasteiger charge is -2.34. The average Bonchev–Trinajstić information content (AvgIpc) is 4.08. The Morgan fingerprint density at radius 3 is 2.57 bits per heavy atom. The van der Waals surface area contributed by atoms with Crippen LogP contribution in [0.1, 0.15) is 86.0 Å². The zero-order valence-corrected chi connectivity index (χ0v) is 34.5. The van der Waals surface area contributed by atoms with Crippen molar-refractivity contribution in [2.75, 3.05) is 26.4 Å². The molecule has 7 unspecified atom stereocenters. The van der Waals surface area contributed by atoms with Gasteiger partial charge in [0.15, 0.2) is 11.5 Å². The fourth-order valence-corrected chi connectivity index (χ4v) is 9.82. The molecule has 5 aliphatic rings. The van der Waals surface area contributed by atoms with Crippen LogP contribution in [0, 0.1) is 17.8 Å². The fraction of sp³-hybridized carbons (Fsp3) is 0.634. The first-order valence-electron chi connectivity index (χ1n) is 20.2. The minimum atomic E-state index is -4.39. The van der Waals surface area contributed by atoms with Gasteiger partial charge in [0, 0.05) is 29.3 Å². The van der Waals surface area contributed by atoms with E-state index >= 15 is 0 Å². The monoisotopic (exact) mass is 827 g/mol. The number of halogens is 1. The van der Waals surface area contributed by atoms with Crippen molar-refractivity contribution < 1.29 is 50.9 Å². The third-order valence-electron chi connectivity index (χ3n) is 12.0. The number of carbonyl (C=O) groups excluding carboxylic acids is 4. The van der Waals surface area contributed by atoms with E-state index in [4.69, 9.17) is 18.9 Å². The Kier molecular flexibility index (Phi) is 11.3. The molecule has 2 saturated carbocycles. The number of allylic oxidation sites excluding steroid dienone is 1. The number of carbonyl (C=O) groups is 4. The predicted molar refractivity (Wildman–Crippen MR) is 210 cm³/mol. The third-order valence-corrected chi connectivity index (χ3v) is 14.1. The van der Waals surface area contributed by atoms with E-state index in [2.05, 4.69) is 27.3 Å². The zero-order chi connectivity index (χ0) is 41.6. The second kappa shape index (κ2) is 15.8. The number of rotatable bonds is 8. The van der Waals surface area contributed by atoms with Crippen molar-refractivity contribution in [3.63, 3.8) is 0 Å². The lowest BCUT2D eigenvalue weighted by Crippen LogP contribution is -2.59. The van der Waals surface area contributed by atoms with Crippen LogP contribution in [-0.2, 0) is 29.1 Å². The Bertz CT molecular complexity index is 2090. The van der Waals surface area contributed by atoms with E-state index in [0.717, 1.165) is 6.42 Å². The highest BCUT2D eigenvalue weighted by molar-refractivity contribution is 7.91. The van der Waals surface area contributed by atoms with Crippen LogP contribution in [0.3, 0.4) is 0 Å². The van der Waals surface area contributed by atoms with Gasteiger partial charge in [0.25, 0.3) is 5.91 Å². The number of aromatic nitrogens is 1. The highest BCUT2D eigenvalue weighted by Crippen LogP contribution is 2.48. The zero-order valence-electron chi connectivity index (χ0n) is 33.7. The van der Waals surface area contributed by atoms with Gasteiger partial charge in [-0.3, -0.25) is 19.1 Å². The van der Waals surface area contributed by atoms with Crippen molar-refractivity contribution in [2.45, 2.75) is 120 Å². The summed E-state index contributed by atoms with van der Waals surface area (Å²) in [6, 6.07) is 3.07. The van der Waals surface area contributed by atoms with Crippen LogP contribution >= 0.6 is 0 Å². The number of amides is 4. The van der Waals surface area contributed by atoms with Gasteiger partial charge in [0.05, 0.1) is 6.54 Å². The SMILES string of the molecule is CCC1CC(C)CCC=CC2CC2(C(=O)NS(=O)(=O)C2(CF)CC2)NC(=O)C2CC(Oc3nccc4c5c(ccc34)OCCO5)CN2C(=O)C1NC(=O)OC(C)(C)C. The summed E-state index contributed by atoms with van der Waals surface area (Å²) in [4.78, 5) is 62.8. The fourth-order valence-electron chi connectivity index (χ4n) is 8.39. The maximum Gasteiger partial charge on any atom is 0.408 e. The number of sulfonamides is 1. The van der Waals surface area contributed by atoms with Gasteiger partial charge in [0.1, 0.15) is 54.0 Å². The number of nitrogens with one attached hydrogen (secondary N) is 3. The lowest BCUT2D eigenvalue weighted by molar-refractivity contribution is -0.142. The van der Waals surface area contributed by atoms with E-state index in [1.54, 1.807) is 45.2 Å². The molecule has 17 heteroatoms. The van der Waals surface area contributed by atoms with E-state index in [0.29, 0.717) is 54.7 Å². The number of hydrogen-bond acceptors (Lipinski definition) is 11. The third kappa shape index (κ3) is 8.28. The van der Waals surface area contributed by atoms with E-state index < -0.39 is 80.5 Å². The average molecular weight is 828 g/mol. The second-order valence-corrected chi connectivity index (χ2v) is 19.5. The maximum atomic E-state index is 15.0. The number of pyridine rings is 1. The summed E-state index contributed by atoms with van der Waals surface area (Å²) in [7, 11) is -4.39. The molecule has 7 atom stereocenters. The Morgan fingerprint density at radius 1 is 1.10 bits per heavy atom. The molecule has 4 heterocycles. The number of alkyl carbamates (subject to hydrolysis) is 1. The van der Waals surface area contributed by atoms with Crippen molar-refractivity contribution in [1.29, 1.82) is 0 Å². The number of hydrogen-bond donors (Lipinski definition) is 3. The van der Waals surface area contributed by atoms with Crippen LogP contribution < -0.4 is 29.6 Å². The molecule has 1 aromatic heterocycles. The van der Waals surface area contributed by atoms with E-state index in [1.165, 1.54) is 4.90 Å². The van der Waals surface area contributed by atoms with Crippen molar-refractivity contribution in [3.05, 3.63) is 36.5 Å². The quantitative estimate of drug-likeness (QED) is 0.318. The minimum absolute atomic E-state index is 0.0198. The van der Waals surface area contributed by atoms with E-state index in [9.17, 15) is 32.0 Å². The van der Waals surface area contributed by atoms with Gasteiger partial charge >= 0.3 is 6.09 Å². The highest BCUT2D eigenvalue weighted by Gasteiger charge is 2.64. The van der Waals surface area contributed by atoms with Gasteiger partial charge in [-0.25, -0.2) is 22.6 Å². The molecular formula is C41H54FN5O10S. The van der Waals surface area contributed by atoms with E-state index in [-0.39, 0.29) is 49.9 Å². The summed E-state index contributed by atoms with van der Waals surface area (Å²) in [6.07, 6.45) is 6.47. The van der Waals surface area contributed by atoms with Crippen LogP contribution in [-0.4, -0.2) is 103 Å². The molecule has 58 heavy (non-hydrogen) atoms. The summed E-state index contributed by atoms with van der Waals surface area (Å²) in [5.41, 5.74) is -2.51. The number of nitrogens with zero attached hydrogens (tertiary/aromatic N) is 2. The molecule has 316 valence electrons. The van der Waals surface area contributed by atoms with Gasteiger partial charge in [-0.1, -0.05) is 32.4 Å². The molecule has 0 spiro atoms. The molecule has 3 fully saturated rings. The molecule has 2 aliphatic carbocycles. The van der Waals surface area contributed by atoms with Crippen molar-refractivity contribution in [2.24, 2.45) is 17.8 Å². The highest BCUT2D eigenvalue weighted by atomic mass is 32.2. The summed E-state index contributed by atoms with van der Waals surface area (Å²) in [6.45, 7) is 8.76. The minimum Gasteiger partial charge on any atom is -0.486 e. The molecule has 2 aromatic rings. The summed E-state index contributed by atoms with van der Waals surface area (Å²) >= 11 is 0. The normalized spacial score (nSPS) is 29.5. The molecule has 4 amide bonds. The molecule has 1 aromatic carbocycles. The smallest absolute Gasteiger partial charge is 0.408 e. The number of ether oxygens (including phenoxy) is 4. The molecule has 15 nitrogen and oxygen atoms in total. The Morgan fingerprint density at radius 2 is 1.86 bits per heavy atom. The predicted octanol–water partition coefficient (Wildman–Crippen LogP) is 4.47. The molecule has 7 rings (SSSR count). The lowest BCUT2D eigenvalue weighted by atomic mass is 9.85. The molecule has 3 aliphatic heterocycles. The largest absolute Gasteiger partial charge is 0.486 e. The van der Waals surface area contributed by atoms with Gasteiger partial charge in [-0.05, 0) is 89.3 Å². The Hall–Kier alpha value is -4.67. The Balaban J connectivity index is 1.24. The first-order valence-corrected chi connectivity index (χ1v) is 21.7. The van der Waals surface area contributed by atoms with Crippen LogP contribution in [0.25, 0.3) is 10.8 Å². The molecule has 3 N–H and O–H groups in total. The van der Waals surface area contributed by atoms with Crippen LogP contribution in [0.2, 0.25) is 0 Å². The van der Waals surface area contributed by atoms with Gasteiger partial charge in [-0.15, -0.1) is 0 Å². The number of benzene rings is 1. The molecule has 0 bridgehead atoms. The van der Waals surface area contributed by atoms with Crippen LogP contribution in [0.4, 0.5) is 9.18 Å². The van der Waals surface area contributed by atoms with Crippen molar-refractivity contribution >= 4 is 44.6 Å². The Labute approximate surface area is 338 Å². The number of alkyl halides is 1.